The number of nitrogens with zero attached hydrogens (tertiary/aromatic N) is 3. The number of thiophene rings is 1. The summed E-state index contributed by atoms with van der Waals surface area (Å²) in [4.78, 5) is 23.3. The van der Waals surface area contributed by atoms with Gasteiger partial charge in [-0.2, -0.15) is 0 Å². The third-order valence-corrected chi connectivity index (χ3v) is 4.94. The van der Waals surface area contributed by atoms with E-state index in [9.17, 15) is 4.79 Å². The number of pyridine rings is 1. The van der Waals surface area contributed by atoms with Crippen molar-refractivity contribution in [2.75, 3.05) is 12.4 Å². The van der Waals surface area contributed by atoms with E-state index in [4.69, 9.17) is 4.74 Å². The van der Waals surface area contributed by atoms with Gasteiger partial charge in [-0.3, -0.25) is 9.20 Å². The van der Waals surface area contributed by atoms with Gasteiger partial charge in [0.15, 0.2) is 4.96 Å². The van der Waals surface area contributed by atoms with E-state index in [-0.39, 0.29) is 5.91 Å². The molecule has 0 aliphatic heterocycles. The van der Waals surface area contributed by atoms with Gasteiger partial charge in [0.2, 0.25) is 5.88 Å². The molecule has 4 aromatic heterocycles. The molecule has 4 aromatic rings. The second-order valence-electron chi connectivity index (χ2n) is 4.51. The molecule has 4 heterocycles. The molecule has 0 fully saturated rings. The predicted molar refractivity (Wildman–Crippen MR) is 87.2 cm³/mol. The van der Waals surface area contributed by atoms with Gasteiger partial charge in [0.1, 0.15) is 4.83 Å². The van der Waals surface area contributed by atoms with Crippen LogP contribution in [0.2, 0.25) is 0 Å². The summed E-state index contributed by atoms with van der Waals surface area (Å²) in [6.07, 6.45) is 3.52. The van der Waals surface area contributed by atoms with Crippen LogP contribution in [0.25, 0.3) is 15.3 Å². The maximum absolute atomic E-state index is 12.3. The minimum Gasteiger partial charge on any atom is -0.481 e. The minimum atomic E-state index is -0.168. The van der Waals surface area contributed by atoms with Crippen LogP contribution in [0.1, 0.15) is 9.67 Å². The summed E-state index contributed by atoms with van der Waals surface area (Å²) in [5.74, 6) is 0.340. The van der Waals surface area contributed by atoms with Crippen LogP contribution in [0.5, 0.6) is 5.88 Å². The Balaban J connectivity index is 1.62. The zero-order valence-corrected chi connectivity index (χ0v) is 13.1. The molecule has 0 aromatic carbocycles. The molecule has 6 nitrogen and oxygen atoms in total. The zero-order valence-electron chi connectivity index (χ0n) is 11.4. The van der Waals surface area contributed by atoms with Crippen LogP contribution in [0, 0.1) is 0 Å². The summed E-state index contributed by atoms with van der Waals surface area (Å²) in [7, 11) is 1.55. The van der Waals surface area contributed by atoms with Gasteiger partial charge in [0.05, 0.1) is 29.4 Å². The number of ether oxygens (including phenoxy) is 1. The maximum atomic E-state index is 12.3. The number of fused-ring (bicyclic) bond motifs is 3. The maximum Gasteiger partial charge on any atom is 0.265 e. The van der Waals surface area contributed by atoms with Gasteiger partial charge in [-0.15, -0.1) is 22.7 Å². The number of aromatic nitrogens is 3. The number of methoxy groups -OCH3 is 1. The van der Waals surface area contributed by atoms with E-state index < -0.39 is 0 Å². The standard InChI is InChI=1S/C14H10N4O2S2/c1-20-11-3-2-8(7-15-11)16-12(19)10-6-9-13(22-10)17-14-18(9)4-5-21-14/h2-7H,1H3,(H,16,19). The number of hydrogen-bond acceptors (Lipinski definition) is 6. The van der Waals surface area contributed by atoms with Crippen LogP contribution >= 0.6 is 22.7 Å². The molecule has 8 heteroatoms. The van der Waals surface area contributed by atoms with Crippen molar-refractivity contribution in [1.82, 2.24) is 14.4 Å². The Bertz CT molecular complexity index is 968. The first-order valence-corrected chi connectivity index (χ1v) is 8.11. The van der Waals surface area contributed by atoms with Gasteiger partial charge in [-0.25, -0.2) is 9.97 Å². The smallest absolute Gasteiger partial charge is 0.265 e. The third kappa shape index (κ3) is 2.13. The number of nitrogens with one attached hydrogen (secondary N) is 1. The van der Waals surface area contributed by atoms with E-state index in [1.807, 2.05) is 22.0 Å². The van der Waals surface area contributed by atoms with Crippen molar-refractivity contribution in [3.8, 4) is 5.88 Å². The van der Waals surface area contributed by atoms with Crippen LogP contribution in [0.4, 0.5) is 5.69 Å². The molecule has 22 heavy (non-hydrogen) atoms. The predicted octanol–water partition coefficient (Wildman–Crippen LogP) is 3.27. The second-order valence-corrected chi connectivity index (χ2v) is 6.42. The summed E-state index contributed by atoms with van der Waals surface area (Å²) >= 11 is 2.96. The van der Waals surface area contributed by atoms with Crippen molar-refractivity contribution in [1.29, 1.82) is 0 Å². The molecule has 0 aliphatic carbocycles. The largest absolute Gasteiger partial charge is 0.481 e. The molecule has 0 saturated heterocycles. The van der Waals surface area contributed by atoms with E-state index in [0.717, 1.165) is 15.3 Å². The first-order valence-electron chi connectivity index (χ1n) is 6.41. The van der Waals surface area contributed by atoms with Crippen LogP contribution in [0.3, 0.4) is 0 Å². The average molecular weight is 330 g/mol. The molecule has 1 N–H and O–H groups in total. The Morgan fingerprint density at radius 3 is 3.09 bits per heavy atom. The van der Waals surface area contributed by atoms with E-state index in [1.165, 1.54) is 11.3 Å². The van der Waals surface area contributed by atoms with Crippen molar-refractivity contribution in [3.05, 3.63) is 40.8 Å². The molecular weight excluding hydrogens is 320 g/mol. The van der Waals surface area contributed by atoms with E-state index in [1.54, 1.807) is 36.8 Å². The van der Waals surface area contributed by atoms with Crippen molar-refractivity contribution in [2.24, 2.45) is 0 Å². The Labute approximate surface area is 133 Å². The van der Waals surface area contributed by atoms with Gasteiger partial charge in [-0.05, 0) is 12.1 Å². The van der Waals surface area contributed by atoms with Crippen molar-refractivity contribution >= 4 is 49.6 Å². The van der Waals surface area contributed by atoms with Gasteiger partial charge in [0.25, 0.3) is 5.91 Å². The number of thiazole rings is 1. The molecule has 0 saturated carbocycles. The second kappa shape index (κ2) is 5.08. The van der Waals surface area contributed by atoms with Crippen LogP contribution in [-0.2, 0) is 0 Å². The van der Waals surface area contributed by atoms with E-state index in [0.29, 0.717) is 16.4 Å². The molecule has 1 amide bonds. The number of carbonyl (C=O) groups is 1. The Morgan fingerprint density at radius 2 is 2.32 bits per heavy atom. The molecule has 0 spiro atoms. The fourth-order valence-corrected chi connectivity index (χ4v) is 3.82. The topological polar surface area (TPSA) is 68.5 Å². The summed E-state index contributed by atoms with van der Waals surface area (Å²) in [6.45, 7) is 0. The van der Waals surface area contributed by atoms with Gasteiger partial charge < -0.3 is 10.1 Å². The first kappa shape index (κ1) is 13.2. The monoisotopic (exact) mass is 330 g/mol. The number of hydrogen-bond donors (Lipinski definition) is 1. The Hall–Kier alpha value is -2.45. The number of amides is 1. The van der Waals surface area contributed by atoms with Crippen molar-refractivity contribution in [2.45, 2.75) is 0 Å². The minimum absolute atomic E-state index is 0.168. The highest BCUT2D eigenvalue weighted by atomic mass is 32.1. The van der Waals surface area contributed by atoms with E-state index in [2.05, 4.69) is 15.3 Å². The highest BCUT2D eigenvalue weighted by Crippen LogP contribution is 2.28. The first-order chi connectivity index (χ1) is 10.7. The summed E-state index contributed by atoms with van der Waals surface area (Å²) in [5.41, 5.74) is 1.58. The molecule has 0 unspecified atom stereocenters. The summed E-state index contributed by atoms with van der Waals surface area (Å²) < 4.78 is 6.98. The molecular formula is C14H10N4O2S2. The van der Waals surface area contributed by atoms with Gasteiger partial charge >= 0.3 is 0 Å². The quantitative estimate of drug-likeness (QED) is 0.626. The van der Waals surface area contributed by atoms with Crippen LogP contribution in [0.15, 0.2) is 36.0 Å². The number of carbonyl (C=O) groups excluding carboxylic acids is 1. The SMILES string of the molecule is COc1ccc(NC(=O)c2cc3c(nc4sccn43)s2)cn1. The Kier molecular flexibility index (Phi) is 3.05. The highest BCUT2D eigenvalue weighted by Gasteiger charge is 2.15. The lowest BCUT2D eigenvalue weighted by Gasteiger charge is -2.03. The third-order valence-electron chi connectivity index (χ3n) is 3.17. The molecule has 110 valence electrons. The number of anilines is 1. The number of imidazole rings is 1. The fourth-order valence-electron chi connectivity index (χ4n) is 2.13. The molecule has 0 bridgehead atoms. The zero-order chi connectivity index (χ0) is 15.1. The van der Waals surface area contributed by atoms with Crippen LogP contribution < -0.4 is 10.1 Å². The lowest BCUT2D eigenvalue weighted by atomic mass is 10.3. The van der Waals surface area contributed by atoms with Crippen molar-refractivity contribution < 1.29 is 9.53 Å². The lowest BCUT2D eigenvalue weighted by molar-refractivity contribution is 0.103. The number of rotatable bonds is 3. The summed E-state index contributed by atoms with van der Waals surface area (Å²) in [6, 6.07) is 5.31. The normalized spacial score (nSPS) is 11.1. The molecule has 0 aliphatic rings. The molecule has 0 atom stereocenters. The lowest BCUT2D eigenvalue weighted by Crippen LogP contribution is -2.10. The average Bonchev–Trinajstić information content (AvgIpc) is 3.19. The van der Waals surface area contributed by atoms with Crippen molar-refractivity contribution in [3.63, 3.8) is 0 Å². The fraction of sp³-hybridized carbons (Fsp3) is 0.0714. The highest BCUT2D eigenvalue weighted by molar-refractivity contribution is 7.21. The van der Waals surface area contributed by atoms with E-state index >= 15 is 0 Å². The van der Waals surface area contributed by atoms with Gasteiger partial charge in [-0.1, -0.05) is 0 Å². The van der Waals surface area contributed by atoms with Gasteiger partial charge in [0, 0.05) is 17.6 Å². The molecule has 4 rings (SSSR count). The van der Waals surface area contributed by atoms with Crippen LogP contribution in [-0.4, -0.2) is 27.4 Å². The molecule has 0 radical (unpaired) electrons. The summed E-state index contributed by atoms with van der Waals surface area (Å²) in [5, 5.41) is 4.80. The Morgan fingerprint density at radius 1 is 1.41 bits per heavy atom.